The molecule has 3 aliphatic rings. The highest BCUT2D eigenvalue weighted by molar-refractivity contribution is 14.0. The van der Waals surface area contributed by atoms with E-state index in [1.807, 2.05) is 0 Å². The number of hydrogen-bond donors (Lipinski definition) is 2. The van der Waals surface area contributed by atoms with Crippen molar-refractivity contribution in [3.8, 4) is 0 Å². The smallest absolute Gasteiger partial charge is 0.243 e. The topological polar surface area (TPSA) is 60.0 Å². The number of aliphatic imine (C=N–C) groups is 1. The molecule has 1 aromatic carbocycles. The van der Waals surface area contributed by atoms with Gasteiger partial charge in [-0.25, -0.2) is 4.99 Å². The van der Waals surface area contributed by atoms with Gasteiger partial charge in [0.1, 0.15) is 6.54 Å². The van der Waals surface area contributed by atoms with Crippen LogP contribution in [-0.4, -0.2) is 67.0 Å². The summed E-state index contributed by atoms with van der Waals surface area (Å²) in [6.07, 6.45) is 11.5. The van der Waals surface area contributed by atoms with Gasteiger partial charge in [-0.2, -0.15) is 0 Å². The van der Waals surface area contributed by atoms with Gasteiger partial charge in [-0.05, 0) is 50.0 Å². The third kappa shape index (κ3) is 7.57. The monoisotopic (exact) mass is 567 g/mol. The number of hydrogen-bond acceptors (Lipinski definition) is 3. The van der Waals surface area contributed by atoms with E-state index in [9.17, 15) is 4.79 Å². The van der Waals surface area contributed by atoms with Crippen molar-refractivity contribution in [2.75, 3.05) is 27.2 Å². The van der Waals surface area contributed by atoms with E-state index in [-0.39, 0.29) is 36.4 Å². The highest BCUT2D eigenvalue weighted by Crippen LogP contribution is 2.36. The summed E-state index contributed by atoms with van der Waals surface area (Å²) in [5.41, 5.74) is 1.41. The average molecular weight is 568 g/mol. The van der Waals surface area contributed by atoms with Crippen LogP contribution in [0.1, 0.15) is 63.4 Å². The van der Waals surface area contributed by atoms with Gasteiger partial charge in [0.15, 0.2) is 5.96 Å². The van der Waals surface area contributed by atoms with Crippen LogP contribution in [-0.2, 0) is 11.3 Å². The second-order valence-electron chi connectivity index (χ2n) is 10.2. The van der Waals surface area contributed by atoms with E-state index in [1.165, 1.54) is 50.5 Å². The summed E-state index contributed by atoms with van der Waals surface area (Å²) in [6.45, 7) is 2.22. The summed E-state index contributed by atoms with van der Waals surface area (Å²) in [5.74, 6) is 1.59. The van der Waals surface area contributed by atoms with Crippen molar-refractivity contribution in [2.24, 2.45) is 10.9 Å². The van der Waals surface area contributed by atoms with Crippen molar-refractivity contribution in [3.05, 3.63) is 35.9 Å². The molecular weight excluding hydrogens is 525 g/mol. The molecule has 2 heterocycles. The Balaban J connectivity index is 0.00000306. The Labute approximate surface area is 217 Å². The maximum absolute atomic E-state index is 12.1. The number of carbonyl (C=O) groups excluding carboxylic acids is 1. The molecule has 0 radical (unpaired) electrons. The van der Waals surface area contributed by atoms with E-state index >= 15 is 0 Å². The summed E-state index contributed by atoms with van der Waals surface area (Å²) < 4.78 is 0. The normalized spacial score (nSPS) is 25.9. The number of fused-ring (bicyclic) bond motifs is 2. The molecular formula is C26H42IN5O. The van der Waals surface area contributed by atoms with Gasteiger partial charge < -0.3 is 15.5 Å². The number of benzene rings is 1. The zero-order valence-corrected chi connectivity index (χ0v) is 22.7. The first-order chi connectivity index (χ1) is 15.6. The molecule has 1 saturated carbocycles. The van der Waals surface area contributed by atoms with Crippen molar-refractivity contribution in [1.29, 1.82) is 0 Å². The van der Waals surface area contributed by atoms with Crippen LogP contribution in [0, 0.1) is 5.92 Å². The molecule has 2 atom stereocenters. The van der Waals surface area contributed by atoms with E-state index in [4.69, 9.17) is 0 Å². The molecule has 0 spiro atoms. The first-order valence-corrected chi connectivity index (χ1v) is 12.6. The minimum absolute atomic E-state index is 0. The lowest BCUT2D eigenvalue weighted by Gasteiger charge is -2.39. The van der Waals surface area contributed by atoms with Gasteiger partial charge in [-0.1, -0.05) is 49.6 Å². The van der Waals surface area contributed by atoms with Gasteiger partial charge in [0, 0.05) is 45.3 Å². The molecule has 1 amide bonds. The maximum Gasteiger partial charge on any atom is 0.243 e. The van der Waals surface area contributed by atoms with Gasteiger partial charge in [0.2, 0.25) is 5.91 Å². The zero-order valence-electron chi connectivity index (χ0n) is 20.3. The number of amides is 1. The molecule has 6 nitrogen and oxygen atoms in total. The van der Waals surface area contributed by atoms with Gasteiger partial charge in [-0.3, -0.25) is 9.69 Å². The van der Waals surface area contributed by atoms with Crippen LogP contribution in [0.15, 0.2) is 35.3 Å². The Morgan fingerprint density at radius 1 is 1.03 bits per heavy atom. The van der Waals surface area contributed by atoms with Gasteiger partial charge in [-0.15, -0.1) is 24.0 Å². The van der Waals surface area contributed by atoms with Crippen LogP contribution in [0.3, 0.4) is 0 Å². The van der Waals surface area contributed by atoms with Crippen molar-refractivity contribution >= 4 is 35.8 Å². The van der Waals surface area contributed by atoms with Crippen LogP contribution in [0.2, 0.25) is 0 Å². The van der Waals surface area contributed by atoms with Crippen LogP contribution < -0.4 is 10.6 Å². The predicted molar refractivity (Wildman–Crippen MR) is 146 cm³/mol. The van der Waals surface area contributed by atoms with Crippen LogP contribution in [0.25, 0.3) is 0 Å². The zero-order chi connectivity index (χ0) is 22.3. The van der Waals surface area contributed by atoms with Gasteiger partial charge >= 0.3 is 0 Å². The third-order valence-corrected chi connectivity index (χ3v) is 7.59. The summed E-state index contributed by atoms with van der Waals surface area (Å²) in [5, 5.41) is 7.30. The van der Waals surface area contributed by atoms with Gasteiger partial charge in [0.25, 0.3) is 0 Å². The quantitative estimate of drug-likeness (QED) is 0.297. The molecule has 7 heteroatoms. The highest BCUT2D eigenvalue weighted by atomic mass is 127. The number of halogens is 1. The van der Waals surface area contributed by atoms with Crippen molar-refractivity contribution in [2.45, 2.75) is 82.5 Å². The number of piperidine rings is 1. The number of nitrogens with zero attached hydrogens (tertiary/aromatic N) is 3. The average Bonchev–Trinajstić information content (AvgIpc) is 3.03. The Hall–Kier alpha value is -1.35. The number of rotatable bonds is 7. The van der Waals surface area contributed by atoms with E-state index in [1.54, 1.807) is 19.0 Å². The van der Waals surface area contributed by atoms with E-state index < -0.39 is 0 Å². The largest absolute Gasteiger partial charge is 0.356 e. The molecule has 184 valence electrons. The fourth-order valence-electron chi connectivity index (χ4n) is 5.71. The minimum atomic E-state index is 0. The molecule has 33 heavy (non-hydrogen) atoms. The molecule has 2 N–H and O–H groups in total. The number of likely N-dealkylation sites (N-methyl/N-ethyl adjacent to an activating group) is 1. The van der Waals surface area contributed by atoms with Crippen molar-refractivity contribution in [3.63, 3.8) is 0 Å². The molecule has 1 aliphatic carbocycles. The fourth-order valence-corrected chi connectivity index (χ4v) is 5.71. The summed E-state index contributed by atoms with van der Waals surface area (Å²) in [7, 11) is 3.58. The van der Waals surface area contributed by atoms with E-state index in [0.29, 0.717) is 18.1 Å². The van der Waals surface area contributed by atoms with Crippen molar-refractivity contribution in [1.82, 2.24) is 20.4 Å². The van der Waals surface area contributed by atoms with Crippen molar-refractivity contribution < 1.29 is 4.79 Å². The number of guanidine groups is 1. The van der Waals surface area contributed by atoms with Gasteiger partial charge in [0.05, 0.1) is 0 Å². The second-order valence-corrected chi connectivity index (χ2v) is 10.2. The van der Waals surface area contributed by atoms with E-state index in [0.717, 1.165) is 37.8 Å². The Kier molecular flexibility index (Phi) is 10.3. The molecule has 3 fully saturated rings. The molecule has 1 aromatic rings. The summed E-state index contributed by atoms with van der Waals surface area (Å²) >= 11 is 0. The lowest BCUT2D eigenvalue weighted by Crippen LogP contribution is -2.53. The van der Waals surface area contributed by atoms with E-state index in [2.05, 4.69) is 50.9 Å². The Bertz CT molecular complexity index is 751. The lowest BCUT2D eigenvalue weighted by molar-refractivity contribution is -0.127. The highest BCUT2D eigenvalue weighted by Gasteiger charge is 2.40. The Morgan fingerprint density at radius 2 is 1.70 bits per heavy atom. The van der Waals surface area contributed by atoms with Crippen LogP contribution in [0.4, 0.5) is 0 Å². The minimum Gasteiger partial charge on any atom is -0.356 e. The SMILES string of the molecule is CN(C)C(=O)CN=C(NCC1CCCCC1)NC1CC2CCC(C1)N2Cc1ccccc1.I. The summed E-state index contributed by atoms with van der Waals surface area (Å²) in [4.78, 5) is 21.1. The first-order valence-electron chi connectivity index (χ1n) is 12.6. The first kappa shape index (κ1) is 26.3. The summed E-state index contributed by atoms with van der Waals surface area (Å²) in [6, 6.07) is 12.5. The third-order valence-electron chi connectivity index (χ3n) is 7.59. The Morgan fingerprint density at radius 3 is 2.33 bits per heavy atom. The van der Waals surface area contributed by atoms with Crippen LogP contribution >= 0.6 is 24.0 Å². The molecule has 2 saturated heterocycles. The number of carbonyl (C=O) groups is 1. The van der Waals surface area contributed by atoms with Crippen LogP contribution in [0.5, 0.6) is 0 Å². The maximum atomic E-state index is 12.1. The lowest BCUT2D eigenvalue weighted by atomic mass is 9.89. The second kappa shape index (κ2) is 12.9. The number of nitrogens with one attached hydrogen (secondary N) is 2. The molecule has 4 rings (SSSR count). The molecule has 0 aromatic heterocycles. The molecule has 2 aliphatic heterocycles. The predicted octanol–water partition coefficient (Wildman–Crippen LogP) is 4.00. The molecule has 2 bridgehead atoms. The fraction of sp³-hybridized carbons (Fsp3) is 0.692. The molecule has 2 unspecified atom stereocenters. The standard InChI is InChI=1S/C26H41N5O.HI/c1-30(2)25(32)18-28-26(27-17-20-9-5-3-6-10-20)29-22-15-23-13-14-24(16-22)31(23)19-21-11-7-4-8-12-21;/h4,7-8,11-12,20,22-24H,3,5-6,9-10,13-19H2,1-2H3,(H2,27,28,29);1H.